The lowest BCUT2D eigenvalue weighted by Crippen LogP contribution is -2.40. The van der Waals surface area contributed by atoms with E-state index in [2.05, 4.69) is 15.6 Å². The van der Waals surface area contributed by atoms with Gasteiger partial charge in [0.15, 0.2) is 5.96 Å². The molecule has 0 saturated heterocycles. The number of carbonyl (C=O) groups is 1. The number of nitrogens with zero attached hydrogens (tertiary/aromatic N) is 2. The Bertz CT molecular complexity index is 623. The van der Waals surface area contributed by atoms with Gasteiger partial charge >= 0.3 is 0 Å². The minimum Gasteiger partial charge on any atom is -0.357 e. The summed E-state index contributed by atoms with van der Waals surface area (Å²) in [5, 5.41) is 6.70. The fourth-order valence-corrected chi connectivity index (χ4v) is 2.68. The fraction of sp³-hybridized carbons (Fsp3) is 0.556. The third-order valence-electron chi connectivity index (χ3n) is 3.77. The largest absolute Gasteiger partial charge is 0.357 e. The minimum atomic E-state index is -0.355. The van der Waals surface area contributed by atoms with Gasteiger partial charge in [-0.1, -0.05) is 31.5 Å². The normalized spacial score (nSPS) is 11.6. The number of halogens is 3. The Labute approximate surface area is 177 Å². The molecule has 1 rings (SSSR count). The van der Waals surface area contributed by atoms with Gasteiger partial charge in [-0.25, -0.2) is 4.39 Å². The van der Waals surface area contributed by atoms with Gasteiger partial charge in [-0.15, -0.1) is 24.0 Å². The molecule has 26 heavy (non-hydrogen) atoms. The van der Waals surface area contributed by atoms with Gasteiger partial charge in [0.2, 0.25) is 5.91 Å². The molecule has 0 radical (unpaired) electrons. The van der Waals surface area contributed by atoms with Crippen LogP contribution in [-0.4, -0.2) is 50.5 Å². The molecule has 0 aliphatic rings. The molecule has 8 heteroatoms. The first-order valence-electron chi connectivity index (χ1n) is 8.35. The van der Waals surface area contributed by atoms with Crippen LogP contribution in [-0.2, 0) is 10.2 Å². The third-order valence-corrected chi connectivity index (χ3v) is 4.08. The number of hydrogen-bond donors (Lipinski definition) is 2. The summed E-state index contributed by atoms with van der Waals surface area (Å²) in [4.78, 5) is 17.8. The van der Waals surface area contributed by atoms with Gasteiger partial charge in [-0.05, 0) is 24.6 Å². The van der Waals surface area contributed by atoms with Crippen LogP contribution in [0.15, 0.2) is 23.2 Å². The highest BCUT2D eigenvalue weighted by Crippen LogP contribution is 2.30. The standard InChI is InChI=1S/C18H28ClFN4O.HI/c1-6-21-17(22-10-9-16(25)24(4)5)23-12-18(2,3)14-8-7-13(20)11-15(14)19;/h7-8,11H,6,9-10,12H2,1-5H3,(H2,21,22,23);1H. The van der Waals surface area contributed by atoms with Crippen LogP contribution in [0.25, 0.3) is 0 Å². The molecule has 1 amide bonds. The molecule has 0 spiro atoms. The molecular weight excluding hydrogens is 470 g/mol. The van der Waals surface area contributed by atoms with Crippen molar-refractivity contribution in [2.75, 3.05) is 33.7 Å². The van der Waals surface area contributed by atoms with Crippen LogP contribution in [0.5, 0.6) is 0 Å². The lowest BCUT2D eigenvalue weighted by Gasteiger charge is -2.25. The molecule has 0 atom stereocenters. The van der Waals surface area contributed by atoms with E-state index in [0.29, 0.717) is 37.0 Å². The predicted molar refractivity (Wildman–Crippen MR) is 117 cm³/mol. The van der Waals surface area contributed by atoms with Crippen LogP contribution in [0.3, 0.4) is 0 Å². The van der Waals surface area contributed by atoms with E-state index in [9.17, 15) is 9.18 Å². The number of aliphatic imine (C=N–C) groups is 1. The first kappa shape index (κ1) is 24.9. The van der Waals surface area contributed by atoms with E-state index in [-0.39, 0.29) is 41.1 Å². The highest BCUT2D eigenvalue weighted by Gasteiger charge is 2.23. The molecule has 0 aliphatic heterocycles. The Morgan fingerprint density at radius 1 is 1.31 bits per heavy atom. The molecule has 5 nitrogen and oxygen atoms in total. The monoisotopic (exact) mass is 498 g/mol. The number of benzene rings is 1. The van der Waals surface area contributed by atoms with Crippen LogP contribution in [0.1, 0.15) is 32.8 Å². The molecule has 0 bridgehead atoms. The van der Waals surface area contributed by atoms with Gasteiger partial charge in [0.1, 0.15) is 5.82 Å². The minimum absolute atomic E-state index is 0. The lowest BCUT2D eigenvalue weighted by atomic mass is 9.84. The van der Waals surface area contributed by atoms with Gasteiger partial charge in [-0.2, -0.15) is 0 Å². The summed E-state index contributed by atoms with van der Waals surface area (Å²) in [5.74, 6) is 0.343. The molecule has 0 aliphatic carbocycles. The van der Waals surface area contributed by atoms with Crippen LogP contribution < -0.4 is 10.6 Å². The van der Waals surface area contributed by atoms with Crippen molar-refractivity contribution < 1.29 is 9.18 Å². The van der Waals surface area contributed by atoms with Gasteiger partial charge < -0.3 is 15.5 Å². The number of carbonyl (C=O) groups excluding carboxylic acids is 1. The number of hydrogen-bond acceptors (Lipinski definition) is 2. The van der Waals surface area contributed by atoms with E-state index in [1.54, 1.807) is 25.1 Å². The topological polar surface area (TPSA) is 56.7 Å². The second-order valence-electron chi connectivity index (χ2n) is 6.67. The number of rotatable bonds is 7. The van der Waals surface area contributed by atoms with Crippen molar-refractivity contribution in [3.63, 3.8) is 0 Å². The van der Waals surface area contributed by atoms with Crippen molar-refractivity contribution in [2.45, 2.75) is 32.6 Å². The van der Waals surface area contributed by atoms with Crippen molar-refractivity contribution in [1.29, 1.82) is 0 Å². The summed E-state index contributed by atoms with van der Waals surface area (Å²) in [6, 6.07) is 4.42. The van der Waals surface area contributed by atoms with Crippen molar-refractivity contribution in [3.05, 3.63) is 34.6 Å². The Morgan fingerprint density at radius 2 is 1.96 bits per heavy atom. The predicted octanol–water partition coefficient (Wildman–Crippen LogP) is 3.41. The number of amides is 1. The van der Waals surface area contributed by atoms with Crippen LogP contribution in [0, 0.1) is 5.82 Å². The zero-order valence-electron chi connectivity index (χ0n) is 16.0. The molecule has 0 heterocycles. The molecule has 2 N–H and O–H groups in total. The van der Waals surface area contributed by atoms with E-state index in [1.807, 2.05) is 20.8 Å². The summed E-state index contributed by atoms with van der Waals surface area (Å²) in [5.41, 5.74) is 0.491. The Morgan fingerprint density at radius 3 is 2.50 bits per heavy atom. The van der Waals surface area contributed by atoms with Crippen LogP contribution >= 0.6 is 35.6 Å². The summed E-state index contributed by atoms with van der Waals surface area (Å²) >= 11 is 6.18. The number of nitrogens with one attached hydrogen (secondary N) is 2. The average molecular weight is 499 g/mol. The maximum Gasteiger partial charge on any atom is 0.223 e. The lowest BCUT2D eigenvalue weighted by molar-refractivity contribution is -0.128. The van der Waals surface area contributed by atoms with E-state index in [0.717, 1.165) is 5.56 Å². The van der Waals surface area contributed by atoms with Crippen molar-refractivity contribution in [1.82, 2.24) is 15.5 Å². The van der Waals surface area contributed by atoms with Gasteiger partial charge in [-0.3, -0.25) is 9.79 Å². The second kappa shape index (κ2) is 11.6. The maximum atomic E-state index is 13.2. The van der Waals surface area contributed by atoms with E-state index < -0.39 is 0 Å². The smallest absolute Gasteiger partial charge is 0.223 e. The molecule has 1 aromatic carbocycles. The molecule has 0 unspecified atom stereocenters. The highest BCUT2D eigenvalue weighted by molar-refractivity contribution is 14.0. The van der Waals surface area contributed by atoms with E-state index in [4.69, 9.17) is 11.6 Å². The molecule has 148 valence electrons. The number of guanidine groups is 1. The Hall–Kier alpha value is -1.09. The zero-order valence-corrected chi connectivity index (χ0v) is 19.1. The van der Waals surface area contributed by atoms with Crippen molar-refractivity contribution in [2.24, 2.45) is 4.99 Å². The Balaban J connectivity index is 0.00000625. The van der Waals surface area contributed by atoms with Crippen molar-refractivity contribution in [3.8, 4) is 0 Å². The molecule has 0 saturated carbocycles. The molecular formula is C18H29ClFIN4O. The molecule has 1 aromatic rings. The summed E-state index contributed by atoms with van der Waals surface area (Å²) in [6.45, 7) is 7.68. The first-order chi connectivity index (χ1) is 11.7. The SMILES string of the molecule is CCNC(=NCC(C)(C)c1ccc(F)cc1Cl)NCCC(=O)N(C)C.I. The van der Waals surface area contributed by atoms with E-state index in [1.165, 1.54) is 12.1 Å². The van der Waals surface area contributed by atoms with E-state index >= 15 is 0 Å². The summed E-state index contributed by atoms with van der Waals surface area (Å²) in [7, 11) is 3.47. The maximum absolute atomic E-state index is 13.2. The van der Waals surface area contributed by atoms with Crippen LogP contribution in [0.4, 0.5) is 4.39 Å². The first-order valence-corrected chi connectivity index (χ1v) is 8.73. The average Bonchev–Trinajstić information content (AvgIpc) is 2.52. The van der Waals surface area contributed by atoms with Crippen LogP contribution in [0.2, 0.25) is 5.02 Å². The van der Waals surface area contributed by atoms with Gasteiger partial charge in [0.05, 0.1) is 6.54 Å². The quantitative estimate of drug-likeness (QED) is 0.344. The van der Waals surface area contributed by atoms with Crippen molar-refractivity contribution >= 4 is 47.4 Å². The van der Waals surface area contributed by atoms with Gasteiger partial charge in [0.25, 0.3) is 0 Å². The molecule has 0 fully saturated rings. The highest BCUT2D eigenvalue weighted by atomic mass is 127. The second-order valence-corrected chi connectivity index (χ2v) is 7.08. The van der Waals surface area contributed by atoms with Gasteiger partial charge in [0, 0.05) is 44.0 Å². The fourth-order valence-electron chi connectivity index (χ4n) is 2.25. The Kier molecular flexibility index (Phi) is 11.1. The molecule has 0 aromatic heterocycles. The summed E-state index contributed by atoms with van der Waals surface area (Å²) < 4.78 is 13.2. The zero-order chi connectivity index (χ0) is 19.0. The third kappa shape index (κ3) is 8.07. The summed E-state index contributed by atoms with van der Waals surface area (Å²) in [6.07, 6.45) is 0.393.